The average molecular weight is 422 g/mol. The smallest absolute Gasteiger partial charge is 0.300 e. The molecule has 6 nitrogen and oxygen atoms in total. The Balaban J connectivity index is 1.69. The van der Waals surface area contributed by atoms with Gasteiger partial charge in [-0.1, -0.05) is 24.3 Å². The van der Waals surface area contributed by atoms with E-state index in [2.05, 4.69) is 35.9 Å². The predicted octanol–water partition coefficient (Wildman–Crippen LogP) is 4.36. The number of carbonyl (C=O) groups excluding carboxylic acids is 1. The molecule has 0 aliphatic carbocycles. The van der Waals surface area contributed by atoms with Crippen LogP contribution in [0.2, 0.25) is 0 Å². The minimum absolute atomic E-state index is 0.154. The quantitative estimate of drug-likeness (QED) is 0.565. The number of amidine groups is 1. The van der Waals surface area contributed by atoms with Gasteiger partial charge >= 0.3 is 0 Å². The highest BCUT2D eigenvalue weighted by molar-refractivity contribution is 6.11. The summed E-state index contributed by atoms with van der Waals surface area (Å²) in [6.45, 7) is 9.16. The van der Waals surface area contributed by atoms with Gasteiger partial charge in [0.2, 0.25) is 0 Å². The van der Waals surface area contributed by atoms with E-state index < -0.39 is 0 Å². The van der Waals surface area contributed by atoms with Gasteiger partial charge in [0.25, 0.3) is 11.9 Å². The Kier molecular flexibility index (Phi) is 7.70. The zero-order valence-electron chi connectivity index (χ0n) is 18.8. The lowest BCUT2D eigenvalue weighted by molar-refractivity contribution is -0.122. The van der Waals surface area contributed by atoms with Crippen molar-refractivity contribution in [3.8, 4) is 5.75 Å². The second kappa shape index (κ2) is 10.7. The summed E-state index contributed by atoms with van der Waals surface area (Å²) in [4.78, 5) is 21.1. The van der Waals surface area contributed by atoms with Gasteiger partial charge in [0, 0.05) is 31.9 Å². The zero-order chi connectivity index (χ0) is 22.2. The highest BCUT2D eigenvalue weighted by atomic mass is 16.5. The van der Waals surface area contributed by atoms with Crippen LogP contribution in [-0.4, -0.2) is 50.1 Å². The molecule has 0 spiro atoms. The van der Waals surface area contributed by atoms with Crippen LogP contribution >= 0.6 is 0 Å². The number of rotatable bonds is 9. The molecule has 164 valence electrons. The van der Waals surface area contributed by atoms with E-state index in [1.807, 2.05) is 43.3 Å². The third-order valence-electron chi connectivity index (χ3n) is 5.33. The Bertz CT molecular complexity index is 929. The van der Waals surface area contributed by atoms with E-state index in [-0.39, 0.29) is 5.91 Å². The molecule has 1 heterocycles. The molecule has 0 atom stereocenters. The molecule has 1 aliphatic rings. The molecule has 1 saturated heterocycles. The number of likely N-dealkylation sites (N-methyl/N-ethyl adjacent to an activating group) is 1. The van der Waals surface area contributed by atoms with E-state index in [9.17, 15) is 4.79 Å². The van der Waals surface area contributed by atoms with Gasteiger partial charge in [-0.25, -0.2) is 4.99 Å². The van der Waals surface area contributed by atoms with Crippen LogP contribution < -0.4 is 9.64 Å². The molecular weight excluding hydrogens is 390 g/mol. The van der Waals surface area contributed by atoms with Gasteiger partial charge in [-0.05, 0) is 68.7 Å². The number of carbonyl (C=O) groups is 1. The summed E-state index contributed by atoms with van der Waals surface area (Å²) in [6, 6.07) is 16.4. The number of amides is 1. The number of ether oxygens (including phenoxy) is 2. The van der Waals surface area contributed by atoms with Gasteiger partial charge in [-0.3, -0.25) is 9.69 Å². The first-order valence-corrected chi connectivity index (χ1v) is 10.8. The zero-order valence-corrected chi connectivity index (χ0v) is 18.8. The fourth-order valence-corrected chi connectivity index (χ4v) is 3.50. The number of hydrogen-bond donors (Lipinski definition) is 0. The molecule has 3 rings (SSSR count). The van der Waals surface area contributed by atoms with E-state index >= 15 is 0 Å². The maximum absolute atomic E-state index is 12.8. The monoisotopic (exact) mass is 421 g/mol. The lowest BCUT2D eigenvalue weighted by Crippen LogP contribution is -2.29. The van der Waals surface area contributed by atoms with Gasteiger partial charge in [-0.2, -0.15) is 0 Å². The normalized spacial score (nSPS) is 16.1. The van der Waals surface area contributed by atoms with E-state index in [0.717, 1.165) is 36.4 Å². The number of anilines is 1. The minimum atomic E-state index is -0.154. The number of benzene rings is 2. The van der Waals surface area contributed by atoms with Crippen LogP contribution in [0.3, 0.4) is 0 Å². The summed E-state index contributed by atoms with van der Waals surface area (Å²) in [5.74, 6) is 0.982. The minimum Gasteiger partial charge on any atom is -0.497 e. The summed E-state index contributed by atoms with van der Waals surface area (Å²) >= 11 is 0. The molecule has 0 bridgehead atoms. The lowest BCUT2D eigenvalue weighted by Gasteiger charge is -2.20. The third-order valence-corrected chi connectivity index (χ3v) is 5.33. The first-order valence-electron chi connectivity index (χ1n) is 10.8. The summed E-state index contributed by atoms with van der Waals surface area (Å²) in [5, 5.41) is 0. The van der Waals surface area contributed by atoms with Crippen molar-refractivity contribution < 1.29 is 14.3 Å². The molecule has 2 aromatic rings. The summed E-state index contributed by atoms with van der Waals surface area (Å²) in [5.41, 5.74) is 3.25. The van der Waals surface area contributed by atoms with Crippen molar-refractivity contribution in [1.82, 2.24) is 4.90 Å². The highest BCUT2D eigenvalue weighted by Gasteiger charge is 2.33. The molecule has 0 N–H and O–H groups in total. The van der Waals surface area contributed by atoms with Gasteiger partial charge in [0.1, 0.15) is 5.75 Å². The number of hydrogen-bond acceptors (Lipinski definition) is 5. The van der Waals surface area contributed by atoms with Crippen molar-refractivity contribution in [1.29, 1.82) is 0 Å². The van der Waals surface area contributed by atoms with E-state index in [4.69, 9.17) is 9.47 Å². The third kappa shape index (κ3) is 5.45. The van der Waals surface area contributed by atoms with Crippen LogP contribution in [-0.2, 0) is 16.0 Å². The lowest BCUT2D eigenvalue weighted by atomic mass is 10.1. The first-order chi connectivity index (χ1) is 15.1. The van der Waals surface area contributed by atoms with Gasteiger partial charge in [0.15, 0.2) is 5.76 Å². The highest BCUT2D eigenvalue weighted by Crippen LogP contribution is 2.22. The Morgan fingerprint density at radius 3 is 2.29 bits per heavy atom. The summed E-state index contributed by atoms with van der Waals surface area (Å²) < 4.78 is 11.0. The van der Waals surface area contributed by atoms with Gasteiger partial charge in [-0.15, -0.1) is 0 Å². The second-order valence-electron chi connectivity index (χ2n) is 7.19. The molecule has 2 aromatic carbocycles. The average Bonchev–Trinajstić information content (AvgIpc) is 3.10. The fraction of sp³-hybridized carbons (Fsp3) is 0.360. The van der Waals surface area contributed by atoms with Gasteiger partial charge < -0.3 is 14.4 Å². The molecule has 31 heavy (non-hydrogen) atoms. The Hall–Kier alpha value is -3.28. The SMILES string of the molecule is CCN1C(=O)/C(=C\c2ccc(N(CC)CC)cc2)OC1=NCCc1ccc(OC)cc1. The summed E-state index contributed by atoms with van der Waals surface area (Å²) in [6.07, 6.45) is 2.54. The second-order valence-corrected chi connectivity index (χ2v) is 7.19. The fourth-order valence-electron chi connectivity index (χ4n) is 3.50. The van der Waals surface area contributed by atoms with Crippen molar-refractivity contribution >= 4 is 23.7 Å². The van der Waals surface area contributed by atoms with Crippen LogP contribution in [0.1, 0.15) is 31.9 Å². The van der Waals surface area contributed by atoms with Crippen molar-refractivity contribution in [2.45, 2.75) is 27.2 Å². The number of aliphatic imine (C=N–C) groups is 1. The van der Waals surface area contributed by atoms with Crippen molar-refractivity contribution in [3.63, 3.8) is 0 Å². The molecule has 1 amide bonds. The molecule has 0 unspecified atom stereocenters. The Labute approximate surface area is 184 Å². The molecule has 1 aliphatic heterocycles. The van der Waals surface area contributed by atoms with E-state index in [1.54, 1.807) is 18.1 Å². The van der Waals surface area contributed by atoms with Crippen LogP contribution in [0.15, 0.2) is 59.3 Å². The first kappa shape index (κ1) is 22.4. The number of nitrogens with zero attached hydrogens (tertiary/aromatic N) is 3. The molecule has 0 saturated carbocycles. The predicted molar refractivity (Wildman–Crippen MR) is 125 cm³/mol. The molecule has 0 radical (unpaired) electrons. The van der Waals surface area contributed by atoms with E-state index in [0.29, 0.717) is 24.9 Å². The van der Waals surface area contributed by atoms with Crippen LogP contribution in [0.5, 0.6) is 5.75 Å². The molecule has 1 fully saturated rings. The maximum atomic E-state index is 12.8. The largest absolute Gasteiger partial charge is 0.497 e. The topological polar surface area (TPSA) is 54.4 Å². The van der Waals surface area contributed by atoms with Gasteiger partial charge in [0.05, 0.1) is 7.11 Å². The molecular formula is C25H31N3O3. The van der Waals surface area contributed by atoms with Crippen LogP contribution in [0.4, 0.5) is 5.69 Å². The molecule has 6 heteroatoms. The maximum Gasteiger partial charge on any atom is 0.300 e. The summed E-state index contributed by atoms with van der Waals surface area (Å²) in [7, 11) is 1.65. The van der Waals surface area contributed by atoms with Crippen LogP contribution in [0, 0.1) is 0 Å². The van der Waals surface area contributed by atoms with Crippen LogP contribution in [0.25, 0.3) is 6.08 Å². The Morgan fingerprint density at radius 2 is 1.71 bits per heavy atom. The molecule has 0 aromatic heterocycles. The van der Waals surface area contributed by atoms with Crippen molar-refractivity contribution in [3.05, 3.63) is 65.4 Å². The van der Waals surface area contributed by atoms with Crippen molar-refractivity contribution in [2.75, 3.05) is 38.2 Å². The Morgan fingerprint density at radius 1 is 1.03 bits per heavy atom. The number of methoxy groups -OCH3 is 1. The standard InChI is InChI=1S/C25H31N3O3/c1-5-27(6-2)21-12-8-20(9-13-21)18-23-24(29)28(7-3)25(31-23)26-17-16-19-10-14-22(30-4)15-11-19/h8-15,18H,5-7,16-17H2,1-4H3/b23-18+,26-25?. The van der Waals surface area contributed by atoms with E-state index in [1.165, 1.54) is 5.69 Å². The van der Waals surface area contributed by atoms with Crippen molar-refractivity contribution in [2.24, 2.45) is 4.99 Å².